The number of fused-ring (bicyclic) bond motifs is 1. The van der Waals surface area contributed by atoms with Gasteiger partial charge in [-0.3, -0.25) is 19.4 Å². The summed E-state index contributed by atoms with van der Waals surface area (Å²) in [6.45, 7) is 3.70. The first-order valence-corrected chi connectivity index (χ1v) is 12.4. The zero-order valence-electron chi connectivity index (χ0n) is 20.4. The largest absolute Gasteiger partial charge is 0.348 e. The zero-order chi connectivity index (χ0) is 25.1. The zero-order valence-corrected chi connectivity index (χ0v) is 20.4. The fraction of sp³-hybridized carbons (Fsp3) is 0.310. The van der Waals surface area contributed by atoms with Gasteiger partial charge in [0.25, 0.3) is 5.91 Å². The molecule has 1 saturated heterocycles. The van der Waals surface area contributed by atoms with E-state index in [4.69, 9.17) is 0 Å². The molecule has 2 N–H and O–H groups in total. The van der Waals surface area contributed by atoms with Crippen molar-refractivity contribution >= 4 is 23.4 Å². The minimum atomic E-state index is -0.305. The lowest BCUT2D eigenvalue weighted by atomic mass is 9.80. The second-order valence-corrected chi connectivity index (χ2v) is 9.69. The number of benzene rings is 2. The number of anilines is 1. The highest BCUT2D eigenvalue weighted by Gasteiger charge is 2.39. The van der Waals surface area contributed by atoms with Crippen molar-refractivity contribution in [1.82, 2.24) is 15.2 Å². The van der Waals surface area contributed by atoms with Gasteiger partial charge in [-0.15, -0.1) is 0 Å². The molecule has 2 aromatic carbocycles. The number of hydrogen-bond donors (Lipinski definition) is 2. The summed E-state index contributed by atoms with van der Waals surface area (Å²) < 4.78 is 0. The number of rotatable bonds is 6. The maximum absolute atomic E-state index is 12.9. The van der Waals surface area contributed by atoms with Gasteiger partial charge in [0.1, 0.15) is 0 Å². The third-order valence-electron chi connectivity index (χ3n) is 7.20. The molecular weight excluding hydrogens is 452 g/mol. The van der Waals surface area contributed by atoms with Crippen molar-refractivity contribution < 1.29 is 14.4 Å². The van der Waals surface area contributed by atoms with E-state index >= 15 is 0 Å². The van der Waals surface area contributed by atoms with Crippen molar-refractivity contribution in [3.8, 4) is 0 Å². The van der Waals surface area contributed by atoms with Gasteiger partial charge in [0.15, 0.2) is 0 Å². The van der Waals surface area contributed by atoms with E-state index in [9.17, 15) is 14.4 Å². The average molecular weight is 483 g/mol. The van der Waals surface area contributed by atoms with Gasteiger partial charge in [0.2, 0.25) is 11.8 Å². The summed E-state index contributed by atoms with van der Waals surface area (Å²) in [7, 11) is 0. The van der Waals surface area contributed by atoms with Crippen LogP contribution in [0.5, 0.6) is 0 Å². The van der Waals surface area contributed by atoms with Gasteiger partial charge in [-0.25, -0.2) is 0 Å². The van der Waals surface area contributed by atoms with Crippen molar-refractivity contribution in [1.29, 1.82) is 0 Å². The summed E-state index contributed by atoms with van der Waals surface area (Å²) >= 11 is 0. The maximum atomic E-state index is 12.9. The molecule has 2 aliphatic heterocycles. The summed E-state index contributed by atoms with van der Waals surface area (Å²) in [4.78, 5) is 44.5. The molecule has 36 heavy (non-hydrogen) atoms. The molecule has 2 aliphatic rings. The van der Waals surface area contributed by atoms with Crippen molar-refractivity contribution in [2.45, 2.75) is 38.6 Å². The van der Waals surface area contributed by atoms with E-state index in [1.54, 1.807) is 18.5 Å². The lowest BCUT2D eigenvalue weighted by molar-refractivity contribution is -0.132. The number of pyridine rings is 1. The Morgan fingerprint density at radius 1 is 1.06 bits per heavy atom. The number of nitrogens with zero attached hydrogens (tertiary/aromatic N) is 2. The van der Waals surface area contributed by atoms with Gasteiger partial charge in [-0.1, -0.05) is 35.9 Å². The number of carbonyl (C=O) groups is 3. The Morgan fingerprint density at radius 3 is 2.56 bits per heavy atom. The molecule has 0 bridgehead atoms. The van der Waals surface area contributed by atoms with Crippen LogP contribution in [0.4, 0.5) is 5.69 Å². The average Bonchev–Trinajstić information content (AvgIpc) is 3.24. The molecule has 7 heteroatoms. The topological polar surface area (TPSA) is 91.4 Å². The van der Waals surface area contributed by atoms with Gasteiger partial charge in [-0.2, -0.15) is 0 Å². The van der Waals surface area contributed by atoms with Crippen LogP contribution in [0.15, 0.2) is 67.0 Å². The third kappa shape index (κ3) is 5.15. The molecule has 1 fully saturated rings. The molecule has 5 rings (SSSR count). The van der Waals surface area contributed by atoms with Gasteiger partial charge in [-0.05, 0) is 66.6 Å². The minimum Gasteiger partial charge on any atom is -0.348 e. The number of nitrogens with one attached hydrogen (secondary N) is 2. The van der Waals surface area contributed by atoms with Gasteiger partial charge in [0.05, 0.1) is 12.3 Å². The number of piperidine rings is 1. The molecular formula is C29H30N4O3. The molecule has 184 valence electrons. The summed E-state index contributed by atoms with van der Waals surface area (Å²) in [5.74, 6) is -0.261. The Kier molecular flexibility index (Phi) is 6.80. The van der Waals surface area contributed by atoms with E-state index in [1.807, 2.05) is 60.4 Å². The molecule has 3 heterocycles. The van der Waals surface area contributed by atoms with Crippen LogP contribution in [-0.2, 0) is 22.6 Å². The van der Waals surface area contributed by atoms with Crippen molar-refractivity contribution in [2.24, 2.45) is 5.92 Å². The fourth-order valence-corrected chi connectivity index (χ4v) is 5.16. The van der Waals surface area contributed by atoms with Crippen LogP contribution in [0.1, 0.15) is 51.4 Å². The van der Waals surface area contributed by atoms with Crippen molar-refractivity contribution in [3.63, 3.8) is 0 Å². The summed E-state index contributed by atoms with van der Waals surface area (Å²) in [5, 5.41) is 5.91. The van der Waals surface area contributed by atoms with E-state index in [2.05, 4.69) is 15.6 Å². The van der Waals surface area contributed by atoms with Crippen LogP contribution < -0.4 is 10.6 Å². The van der Waals surface area contributed by atoms with E-state index in [1.165, 1.54) is 5.56 Å². The molecule has 3 aromatic rings. The Balaban J connectivity index is 1.22. The third-order valence-corrected chi connectivity index (χ3v) is 7.20. The Labute approximate surface area is 210 Å². The predicted molar refractivity (Wildman–Crippen MR) is 137 cm³/mol. The second kappa shape index (κ2) is 10.3. The summed E-state index contributed by atoms with van der Waals surface area (Å²) in [6.07, 6.45) is 5.33. The van der Waals surface area contributed by atoms with Crippen LogP contribution in [0.2, 0.25) is 0 Å². The SMILES string of the molecule is Cc1ccc(CC(=O)N2CCC([C@@H]3C(=O)Nc4ccc(C(=O)NCc5cccnc5)cc43)CC2)cc1. The number of likely N-dealkylation sites (tertiary alicyclic amines) is 1. The fourth-order valence-electron chi connectivity index (χ4n) is 5.16. The number of hydrogen-bond acceptors (Lipinski definition) is 4. The van der Waals surface area contributed by atoms with Gasteiger partial charge >= 0.3 is 0 Å². The van der Waals surface area contributed by atoms with E-state index in [0.717, 1.165) is 35.2 Å². The van der Waals surface area contributed by atoms with E-state index in [-0.39, 0.29) is 29.6 Å². The first kappa shape index (κ1) is 23.7. The van der Waals surface area contributed by atoms with Crippen molar-refractivity contribution in [2.75, 3.05) is 18.4 Å². The number of amides is 3. The molecule has 7 nitrogen and oxygen atoms in total. The molecule has 1 aromatic heterocycles. The van der Waals surface area contributed by atoms with Crippen LogP contribution in [0, 0.1) is 12.8 Å². The standard InChI is InChI=1S/C29H30N4O3/c1-19-4-6-20(7-5-19)15-26(34)33-13-10-22(11-14-33)27-24-16-23(8-9-25(24)32-29(27)36)28(35)31-18-21-3-2-12-30-17-21/h2-9,12,16-17,22,27H,10-11,13-15,18H2,1H3,(H,31,35)(H,32,36)/t27-/m0/s1. The Hall–Kier alpha value is -4.00. The van der Waals surface area contributed by atoms with Gasteiger partial charge in [0, 0.05) is 43.3 Å². The van der Waals surface area contributed by atoms with Gasteiger partial charge < -0.3 is 15.5 Å². The van der Waals surface area contributed by atoms with E-state index < -0.39 is 0 Å². The highest BCUT2D eigenvalue weighted by Crippen LogP contribution is 2.41. The van der Waals surface area contributed by atoms with Crippen molar-refractivity contribution in [3.05, 3.63) is 94.8 Å². The first-order valence-electron chi connectivity index (χ1n) is 12.4. The molecule has 0 radical (unpaired) electrons. The molecule has 3 amide bonds. The monoisotopic (exact) mass is 482 g/mol. The summed E-state index contributed by atoms with van der Waals surface area (Å²) in [5.41, 5.74) is 5.29. The Bertz CT molecular complexity index is 1270. The molecule has 0 aliphatic carbocycles. The van der Waals surface area contributed by atoms with E-state index in [0.29, 0.717) is 31.6 Å². The highest BCUT2D eigenvalue weighted by molar-refractivity contribution is 6.04. The van der Waals surface area contributed by atoms with Crippen LogP contribution >= 0.6 is 0 Å². The quantitative estimate of drug-likeness (QED) is 0.559. The maximum Gasteiger partial charge on any atom is 0.251 e. The second-order valence-electron chi connectivity index (χ2n) is 9.69. The molecule has 1 atom stereocenters. The minimum absolute atomic E-state index is 0.0256. The normalized spacial score (nSPS) is 17.4. The lowest BCUT2D eigenvalue weighted by Gasteiger charge is -2.34. The summed E-state index contributed by atoms with van der Waals surface area (Å²) in [6, 6.07) is 17.2. The number of aryl methyl sites for hydroxylation is 1. The molecule has 0 saturated carbocycles. The van der Waals surface area contributed by atoms with Crippen LogP contribution in [0.25, 0.3) is 0 Å². The predicted octanol–water partition coefficient (Wildman–Crippen LogP) is 3.84. The lowest BCUT2D eigenvalue weighted by Crippen LogP contribution is -2.41. The van der Waals surface area contributed by atoms with Crippen LogP contribution in [0.3, 0.4) is 0 Å². The van der Waals surface area contributed by atoms with Crippen LogP contribution in [-0.4, -0.2) is 40.7 Å². The molecule has 0 unspecified atom stereocenters. The number of aromatic nitrogens is 1. The molecule has 0 spiro atoms. The smallest absolute Gasteiger partial charge is 0.251 e. The highest BCUT2D eigenvalue weighted by atomic mass is 16.2. The Morgan fingerprint density at radius 2 is 1.83 bits per heavy atom. The first-order chi connectivity index (χ1) is 17.5. The number of carbonyl (C=O) groups excluding carboxylic acids is 3.